The second kappa shape index (κ2) is 7.97. The minimum atomic E-state index is -4.56. The zero-order chi connectivity index (χ0) is 25.1. The molecule has 5 rings (SSSR count). The van der Waals surface area contributed by atoms with Crippen molar-refractivity contribution in [2.75, 3.05) is 11.4 Å². The van der Waals surface area contributed by atoms with Crippen molar-refractivity contribution in [1.82, 2.24) is 4.98 Å². The molecule has 0 unspecified atom stereocenters. The molecule has 4 aromatic rings. The van der Waals surface area contributed by atoms with Crippen LogP contribution in [0.25, 0.3) is 32.9 Å². The van der Waals surface area contributed by atoms with Crippen LogP contribution in [0.4, 0.5) is 23.2 Å². The van der Waals surface area contributed by atoms with Gasteiger partial charge in [-0.15, -0.1) is 0 Å². The number of anilines is 1. The van der Waals surface area contributed by atoms with Gasteiger partial charge in [0.15, 0.2) is 0 Å². The van der Waals surface area contributed by atoms with Gasteiger partial charge in [0.2, 0.25) is 11.8 Å². The van der Waals surface area contributed by atoms with E-state index in [4.69, 9.17) is 5.73 Å². The first kappa shape index (κ1) is 22.6. The van der Waals surface area contributed by atoms with E-state index in [-0.39, 0.29) is 29.0 Å². The standard InChI is InChI=1S/C26H19F4N3O2/c1-2-22(35)33-8-7-13-3-4-14(10-20(13)33)23-18(27)9-15(11-21(31)34)25-24(23)17-6-5-16(26(28,29)30)12-19(17)32-25/h2-6,9-10,12,32H,1,7-8,11H2,(H2,31,34). The molecule has 5 nitrogen and oxygen atoms in total. The predicted octanol–water partition coefficient (Wildman–Crippen LogP) is 5.25. The lowest BCUT2D eigenvalue weighted by Gasteiger charge is -2.17. The highest BCUT2D eigenvalue weighted by atomic mass is 19.4. The summed E-state index contributed by atoms with van der Waals surface area (Å²) in [5.41, 5.74) is 7.34. The number of alkyl halides is 3. The predicted molar refractivity (Wildman–Crippen MR) is 125 cm³/mol. The summed E-state index contributed by atoms with van der Waals surface area (Å²) in [6, 6.07) is 9.56. The van der Waals surface area contributed by atoms with Gasteiger partial charge < -0.3 is 15.6 Å². The van der Waals surface area contributed by atoms with E-state index < -0.39 is 23.5 Å². The Labute approximate surface area is 196 Å². The zero-order valence-electron chi connectivity index (χ0n) is 18.3. The number of benzene rings is 3. The van der Waals surface area contributed by atoms with Gasteiger partial charge in [0, 0.05) is 34.1 Å². The molecule has 0 radical (unpaired) electrons. The summed E-state index contributed by atoms with van der Waals surface area (Å²) in [6.07, 6.45) is -3.01. The second-order valence-electron chi connectivity index (χ2n) is 8.46. The number of hydrogen-bond donors (Lipinski definition) is 2. The van der Waals surface area contributed by atoms with Gasteiger partial charge in [-0.2, -0.15) is 13.2 Å². The van der Waals surface area contributed by atoms with Crippen molar-refractivity contribution >= 4 is 39.3 Å². The number of nitrogens with one attached hydrogen (secondary N) is 1. The largest absolute Gasteiger partial charge is 0.416 e. The topological polar surface area (TPSA) is 79.2 Å². The van der Waals surface area contributed by atoms with Crippen LogP contribution in [0.1, 0.15) is 16.7 Å². The quantitative estimate of drug-likeness (QED) is 0.309. The van der Waals surface area contributed by atoms with E-state index >= 15 is 4.39 Å². The van der Waals surface area contributed by atoms with Crippen LogP contribution in [0.2, 0.25) is 0 Å². The SMILES string of the molecule is C=CC(=O)N1CCc2ccc(-c3c(F)cc(CC(N)=O)c4[nH]c5cc(C(F)(F)F)ccc5c34)cc21. The molecule has 0 saturated heterocycles. The third-order valence-electron chi connectivity index (χ3n) is 6.31. The summed E-state index contributed by atoms with van der Waals surface area (Å²) in [7, 11) is 0. The van der Waals surface area contributed by atoms with Crippen LogP contribution in [0.5, 0.6) is 0 Å². The number of rotatable bonds is 4. The minimum Gasteiger partial charge on any atom is -0.369 e. The number of amides is 2. The van der Waals surface area contributed by atoms with Crippen molar-refractivity contribution < 1.29 is 27.2 Å². The monoisotopic (exact) mass is 481 g/mol. The summed E-state index contributed by atoms with van der Waals surface area (Å²) >= 11 is 0. The van der Waals surface area contributed by atoms with E-state index in [0.29, 0.717) is 40.5 Å². The zero-order valence-corrected chi connectivity index (χ0v) is 18.3. The Morgan fingerprint density at radius 2 is 1.91 bits per heavy atom. The minimum absolute atomic E-state index is 0.150. The molecule has 1 aliphatic heterocycles. The van der Waals surface area contributed by atoms with Crippen LogP contribution in [-0.4, -0.2) is 23.3 Å². The fourth-order valence-corrected chi connectivity index (χ4v) is 4.77. The summed E-state index contributed by atoms with van der Waals surface area (Å²) in [4.78, 5) is 28.4. The van der Waals surface area contributed by atoms with E-state index in [1.807, 2.05) is 0 Å². The van der Waals surface area contributed by atoms with Gasteiger partial charge in [-0.25, -0.2) is 4.39 Å². The maximum atomic E-state index is 15.6. The van der Waals surface area contributed by atoms with Crippen molar-refractivity contribution in [3.63, 3.8) is 0 Å². The van der Waals surface area contributed by atoms with E-state index in [0.717, 1.165) is 17.7 Å². The number of aromatic amines is 1. The van der Waals surface area contributed by atoms with Crippen molar-refractivity contribution in [3.05, 3.63) is 77.6 Å². The molecular weight excluding hydrogens is 462 g/mol. The molecule has 2 heterocycles. The Hall–Kier alpha value is -4.14. The number of carbonyl (C=O) groups is 2. The van der Waals surface area contributed by atoms with Crippen molar-refractivity contribution in [2.24, 2.45) is 5.73 Å². The van der Waals surface area contributed by atoms with Gasteiger partial charge in [-0.3, -0.25) is 9.59 Å². The Morgan fingerprint density at radius 1 is 1.14 bits per heavy atom. The van der Waals surface area contributed by atoms with E-state index in [9.17, 15) is 22.8 Å². The maximum Gasteiger partial charge on any atom is 0.416 e. The lowest BCUT2D eigenvalue weighted by Crippen LogP contribution is -2.26. The van der Waals surface area contributed by atoms with E-state index in [1.165, 1.54) is 18.2 Å². The van der Waals surface area contributed by atoms with Gasteiger partial charge in [0.1, 0.15) is 5.82 Å². The fourth-order valence-electron chi connectivity index (χ4n) is 4.77. The van der Waals surface area contributed by atoms with Crippen molar-refractivity contribution in [1.29, 1.82) is 0 Å². The summed E-state index contributed by atoms with van der Waals surface area (Å²) in [5, 5.41) is 0.706. The first-order valence-electron chi connectivity index (χ1n) is 10.8. The molecule has 1 aromatic heterocycles. The Bertz CT molecular complexity index is 1550. The second-order valence-corrected chi connectivity index (χ2v) is 8.46. The summed E-state index contributed by atoms with van der Waals surface area (Å²) < 4.78 is 55.6. The summed E-state index contributed by atoms with van der Waals surface area (Å²) in [6.45, 7) is 3.99. The van der Waals surface area contributed by atoms with Crippen LogP contribution < -0.4 is 10.6 Å². The highest BCUT2D eigenvalue weighted by molar-refractivity contribution is 6.16. The normalized spacial score (nSPS) is 13.4. The van der Waals surface area contributed by atoms with Crippen LogP contribution in [0.3, 0.4) is 0 Å². The molecule has 0 aliphatic carbocycles. The fraction of sp³-hybridized carbons (Fsp3) is 0.154. The lowest BCUT2D eigenvalue weighted by atomic mass is 9.94. The third kappa shape index (κ3) is 3.73. The van der Waals surface area contributed by atoms with Gasteiger partial charge in [0.05, 0.1) is 17.5 Å². The third-order valence-corrected chi connectivity index (χ3v) is 6.31. The molecule has 1 aliphatic rings. The molecule has 0 fully saturated rings. The number of halogens is 4. The first-order valence-corrected chi connectivity index (χ1v) is 10.8. The van der Waals surface area contributed by atoms with Crippen LogP contribution in [-0.2, 0) is 28.6 Å². The molecular formula is C26H19F4N3O2. The number of carbonyl (C=O) groups excluding carboxylic acids is 2. The molecule has 178 valence electrons. The Morgan fingerprint density at radius 3 is 2.60 bits per heavy atom. The maximum absolute atomic E-state index is 15.6. The van der Waals surface area contributed by atoms with Crippen molar-refractivity contribution in [3.8, 4) is 11.1 Å². The molecule has 9 heteroatoms. The number of fused-ring (bicyclic) bond motifs is 4. The van der Waals surface area contributed by atoms with Crippen LogP contribution in [0, 0.1) is 5.82 Å². The Kier molecular flexibility index (Phi) is 5.16. The van der Waals surface area contributed by atoms with Crippen molar-refractivity contribution in [2.45, 2.75) is 19.0 Å². The molecule has 0 saturated carbocycles. The number of nitrogens with two attached hydrogens (primary N) is 1. The molecule has 35 heavy (non-hydrogen) atoms. The average molecular weight is 481 g/mol. The molecule has 0 bridgehead atoms. The van der Waals surface area contributed by atoms with Gasteiger partial charge in [0.25, 0.3) is 0 Å². The molecule has 3 N–H and O–H groups in total. The lowest BCUT2D eigenvalue weighted by molar-refractivity contribution is -0.137. The molecule has 0 spiro atoms. The number of H-pyrrole nitrogens is 1. The van der Waals surface area contributed by atoms with E-state index in [1.54, 1.807) is 23.1 Å². The number of hydrogen-bond acceptors (Lipinski definition) is 2. The highest BCUT2D eigenvalue weighted by Crippen LogP contribution is 2.42. The van der Waals surface area contributed by atoms with Gasteiger partial charge in [-0.05, 0) is 53.5 Å². The molecule has 0 atom stereocenters. The first-order chi connectivity index (χ1) is 16.6. The highest BCUT2D eigenvalue weighted by Gasteiger charge is 2.31. The number of nitrogens with zero attached hydrogens (tertiary/aromatic N) is 1. The number of aromatic nitrogens is 1. The Balaban J connectivity index is 1.81. The molecule has 2 amide bonds. The van der Waals surface area contributed by atoms with Crippen LogP contribution in [0.15, 0.2) is 55.1 Å². The van der Waals surface area contributed by atoms with E-state index in [2.05, 4.69) is 11.6 Å². The summed E-state index contributed by atoms with van der Waals surface area (Å²) in [5.74, 6) is -1.65. The van der Waals surface area contributed by atoms with Gasteiger partial charge in [-0.1, -0.05) is 24.8 Å². The average Bonchev–Trinajstić information content (AvgIpc) is 3.39. The molecule has 3 aromatic carbocycles. The number of primary amides is 1. The smallest absolute Gasteiger partial charge is 0.369 e. The van der Waals surface area contributed by atoms with Gasteiger partial charge >= 0.3 is 6.18 Å². The van der Waals surface area contributed by atoms with Crippen LogP contribution >= 0.6 is 0 Å².